The smallest absolute Gasteiger partial charge is 0.271 e. The van der Waals surface area contributed by atoms with Gasteiger partial charge in [0.15, 0.2) is 0 Å². The number of nitrogens with two attached hydrogens (primary N) is 1. The van der Waals surface area contributed by atoms with E-state index < -0.39 is 0 Å². The Labute approximate surface area is 107 Å². The Kier molecular flexibility index (Phi) is 4.09. The van der Waals surface area contributed by atoms with Crippen LogP contribution in [-0.2, 0) is 0 Å². The molecule has 2 rings (SSSR count). The van der Waals surface area contributed by atoms with Crippen LogP contribution in [0.3, 0.4) is 0 Å². The third-order valence-corrected chi connectivity index (χ3v) is 3.16. The maximum atomic E-state index is 11.8. The number of hydrogen-bond acceptors (Lipinski definition) is 5. The average Bonchev–Trinajstić information content (AvgIpc) is 2.36. The van der Waals surface area contributed by atoms with Gasteiger partial charge >= 0.3 is 0 Å². The van der Waals surface area contributed by atoms with Crippen molar-refractivity contribution in [2.45, 2.75) is 12.8 Å². The summed E-state index contributed by atoms with van der Waals surface area (Å²) in [4.78, 5) is 21.9. The van der Waals surface area contributed by atoms with Gasteiger partial charge in [-0.3, -0.25) is 9.78 Å². The number of amides is 1. The van der Waals surface area contributed by atoms with Crippen molar-refractivity contribution in [1.82, 2.24) is 20.2 Å². The molecule has 1 atom stereocenters. The molecule has 6 heteroatoms. The van der Waals surface area contributed by atoms with Crippen LogP contribution in [-0.4, -0.2) is 47.5 Å². The quantitative estimate of drug-likeness (QED) is 0.795. The van der Waals surface area contributed by atoms with Gasteiger partial charge in [-0.2, -0.15) is 0 Å². The lowest BCUT2D eigenvalue weighted by molar-refractivity contribution is 0.0931. The lowest BCUT2D eigenvalue weighted by Gasteiger charge is -2.29. The lowest BCUT2D eigenvalue weighted by atomic mass is 9.98. The molecule has 6 nitrogen and oxygen atoms in total. The molecule has 1 unspecified atom stereocenters. The Balaban J connectivity index is 1.84. The third kappa shape index (κ3) is 3.40. The molecular formula is C12H19N5O. The lowest BCUT2D eigenvalue weighted by Crippen LogP contribution is -2.39. The average molecular weight is 249 g/mol. The van der Waals surface area contributed by atoms with E-state index in [-0.39, 0.29) is 17.4 Å². The van der Waals surface area contributed by atoms with Crippen LogP contribution in [0.15, 0.2) is 12.4 Å². The van der Waals surface area contributed by atoms with Crippen molar-refractivity contribution in [1.29, 1.82) is 0 Å². The SMILES string of the molecule is CN1CCCC(CNC(=O)c2cncc(N)n2)C1. The minimum Gasteiger partial charge on any atom is -0.382 e. The highest BCUT2D eigenvalue weighted by atomic mass is 16.1. The summed E-state index contributed by atoms with van der Waals surface area (Å²) in [6, 6.07) is 0. The molecule has 0 saturated carbocycles. The highest BCUT2D eigenvalue weighted by Crippen LogP contribution is 2.13. The molecule has 1 aliphatic heterocycles. The normalized spacial score (nSPS) is 20.6. The van der Waals surface area contributed by atoms with Crippen LogP contribution in [0.2, 0.25) is 0 Å². The highest BCUT2D eigenvalue weighted by molar-refractivity contribution is 5.92. The number of nitrogens with zero attached hydrogens (tertiary/aromatic N) is 3. The van der Waals surface area contributed by atoms with Crippen molar-refractivity contribution in [3.05, 3.63) is 18.1 Å². The van der Waals surface area contributed by atoms with Crippen LogP contribution < -0.4 is 11.1 Å². The number of carbonyl (C=O) groups excluding carboxylic acids is 1. The summed E-state index contributed by atoms with van der Waals surface area (Å²) in [6.07, 6.45) is 5.20. The second-order valence-corrected chi connectivity index (χ2v) is 4.81. The van der Waals surface area contributed by atoms with E-state index in [9.17, 15) is 4.79 Å². The monoisotopic (exact) mass is 249 g/mol. The zero-order valence-electron chi connectivity index (χ0n) is 10.6. The molecular weight excluding hydrogens is 230 g/mol. The number of aromatic nitrogens is 2. The first kappa shape index (κ1) is 12.8. The summed E-state index contributed by atoms with van der Waals surface area (Å²) in [5.74, 6) is 0.574. The van der Waals surface area contributed by atoms with E-state index in [0.717, 1.165) is 19.5 Å². The van der Waals surface area contributed by atoms with Crippen LogP contribution in [0.1, 0.15) is 23.3 Å². The maximum absolute atomic E-state index is 11.8. The van der Waals surface area contributed by atoms with Gasteiger partial charge in [-0.1, -0.05) is 0 Å². The number of piperidine rings is 1. The fraction of sp³-hybridized carbons (Fsp3) is 0.583. The largest absolute Gasteiger partial charge is 0.382 e. The molecule has 98 valence electrons. The van der Waals surface area contributed by atoms with E-state index in [4.69, 9.17) is 5.73 Å². The van der Waals surface area contributed by atoms with Gasteiger partial charge in [-0.05, 0) is 32.4 Å². The van der Waals surface area contributed by atoms with Crippen LogP contribution in [0.4, 0.5) is 5.82 Å². The first-order valence-electron chi connectivity index (χ1n) is 6.19. The zero-order valence-corrected chi connectivity index (χ0v) is 10.6. The van der Waals surface area contributed by atoms with E-state index in [1.54, 1.807) is 0 Å². The van der Waals surface area contributed by atoms with Gasteiger partial charge in [0.2, 0.25) is 0 Å². The predicted molar refractivity (Wildman–Crippen MR) is 69.0 cm³/mol. The van der Waals surface area contributed by atoms with Gasteiger partial charge < -0.3 is 16.0 Å². The Morgan fingerprint density at radius 2 is 2.44 bits per heavy atom. The fourth-order valence-electron chi connectivity index (χ4n) is 2.26. The summed E-state index contributed by atoms with van der Waals surface area (Å²) in [5, 5.41) is 2.89. The molecule has 1 saturated heterocycles. The van der Waals surface area contributed by atoms with Crippen molar-refractivity contribution < 1.29 is 4.79 Å². The summed E-state index contributed by atoms with van der Waals surface area (Å²) in [5.41, 5.74) is 5.77. The summed E-state index contributed by atoms with van der Waals surface area (Å²) >= 11 is 0. The zero-order chi connectivity index (χ0) is 13.0. The Morgan fingerprint density at radius 1 is 1.61 bits per heavy atom. The van der Waals surface area contributed by atoms with Crippen LogP contribution >= 0.6 is 0 Å². The van der Waals surface area contributed by atoms with Crippen LogP contribution in [0.25, 0.3) is 0 Å². The number of carbonyl (C=O) groups is 1. The Bertz CT molecular complexity index is 423. The number of nitrogens with one attached hydrogen (secondary N) is 1. The van der Waals surface area contributed by atoms with Gasteiger partial charge in [0.1, 0.15) is 11.5 Å². The van der Waals surface area contributed by atoms with Crippen molar-refractivity contribution >= 4 is 11.7 Å². The molecule has 1 aliphatic rings. The number of likely N-dealkylation sites (tertiary alicyclic amines) is 1. The number of hydrogen-bond donors (Lipinski definition) is 2. The summed E-state index contributed by atoms with van der Waals surface area (Å²) in [6.45, 7) is 2.85. The molecule has 0 aromatic carbocycles. The van der Waals surface area contributed by atoms with Crippen molar-refractivity contribution in [3.63, 3.8) is 0 Å². The summed E-state index contributed by atoms with van der Waals surface area (Å²) in [7, 11) is 2.11. The van der Waals surface area contributed by atoms with E-state index in [1.807, 2.05) is 0 Å². The number of rotatable bonds is 3. The molecule has 3 N–H and O–H groups in total. The van der Waals surface area contributed by atoms with E-state index >= 15 is 0 Å². The standard InChI is InChI=1S/C12H19N5O/c1-17-4-2-3-9(8-17)5-15-12(18)10-6-14-7-11(13)16-10/h6-7,9H,2-5,8H2,1H3,(H2,13,16)(H,15,18). The van der Waals surface area contributed by atoms with Gasteiger partial charge in [0, 0.05) is 13.1 Å². The molecule has 0 aliphatic carbocycles. The molecule has 1 aromatic rings. The first-order chi connectivity index (χ1) is 8.65. The van der Waals surface area contributed by atoms with E-state index in [2.05, 4.69) is 27.2 Å². The Hall–Kier alpha value is -1.69. The van der Waals surface area contributed by atoms with Crippen molar-refractivity contribution in [2.75, 3.05) is 32.4 Å². The van der Waals surface area contributed by atoms with Crippen LogP contribution in [0, 0.1) is 5.92 Å². The summed E-state index contributed by atoms with van der Waals surface area (Å²) < 4.78 is 0. The van der Waals surface area contributed by atoms with Gasteiger partial charge in [0.05, 0.1) is 12.4 Å². The van der Waals surface area contributed by atoms with E-state index in [0.29, 0.717) is 12.5 Å². The topological polar surface area (TPSA) is 84.1 Å². The van der Waals surface area contributed by atoms with Crippen molar-refractivity contribution in [2.24, 2.45) is 5.92 Å². The highest BCUT2D eigenvalue weighted by Gasteiger charge is 2.18. The van der Waals surface area contributed by atoms with Gasteiger partial charge in [-0.15, -0.1) is 0 Å². The van der Waals surface area contributed by atoms with E-state index in [1.165, 1.54) is 18.8 Å². The predicted octanol–water partition coefficient (Wildman–Crippen LogP) is 0.130. The molecule has 18 heavy (non-hydrogen) atoms. The number of anilines is 1. The van der Waals surface area contributed by atoms with Crippen LogP contribution in [0.5, 0.6) is 0 Å². The number of nitrogen functional groups attached to an aromatic ring is 1. The molecule has 0 bridgehead atoms. The van der Waals surface area contributed by atoms with Gasteiger partial charge in [-0.25, -0.2) is 4.98 Å². The molecule has 2 heterocycles. The maximum Gasteiger partial charge on any atom is 0.271 e. The van der Waals surface area contributed by atoms with Gasteiger partial charge in [0.25, 0.3) is 5.91 Å². The second-order valence-electron chi connectivity index (χ2n) is 4.81. The second kappa shape index (κ2) is 5.77. The molecule has 1 fully saturated rings. The minimum absolute atomic E-state index is 0.206. The molecule has 0 radical (unpaired) electrons. The van der Waals surface area contributed by atoms with Crippen molar-refractivity contribution in [3.8, 4) is 0 Å². The Morgan fingerprint density at radius 3 is 3.17 bits per heavy atom. The molecule has 1 aromatic heterocycles. The third-order valence-electron chi connectivity index (χ3n) is 3.16. The minimum atomic E-state index is -0.206. The first-order valence-corrected chi connectivity index (χ1v) is 6.19. The molecule has 0 spiro atoms. The fourth-order valence-corrected chi connectivity index (χ4v) is 2.26. The molecule has 1 amide bonds.